The van der Waals surface area contributed by atoms with E-state index in [1.54, 1.807) is 0 Å². The summed E-state index contributed by atoms with van der Waals surface area (Å²) in [6.07, 6.45) is 0.582. The highest BCUT2D eigenvalue weighted by molar-refractivity contribution is 6.30. The van der Waals surface area contributed by atoms with Crippen molar-refractivity contribution in [1.29, 1.82) is 0 Å². The molecule has 2 aliphatic rings. The highest BCUT2D eigenvalue weighted by Crippen LogP contribution is 2.45. The fraction of sp³-hybridized carbons (Fsp3) is 0.188. The van der Waals surface area contributed by atoms with Crippen molar-refractivity contribution in [2.75, 3.05) is 11.6 Å². The zero-order valence-electron chi connectivity index (χ0n) is 10.8. The number of carbonyl (C=O) groups is 1. The van der Waals surface area contributed by atoms with Gasteiger partial charge in [0.1, 0.15) is 0 Å². The molecule has 4 heteroatoms. The molecule has 2 aliphatic heterocycles. The van der Waals surface area contributed by atoms with Crippen molar-refractivity contribution in [2.24, 2.45) is 0 Å². The number of anilines is 1. The number of para-hydroxylation sites is 1. The van der Waals surface area contributed by atoms with Gasteiger partial charge in [0.25, 0.3) is 0 Å². The number of hydrazine groups is 1. The van der Waals surface area contributed by atoms with E-state index in [1.807, 2.05) is 47.5 Å². The molecule has 0 aliphatic carbocycles. The quantitative estimate of drug-likeness (QED) is 0.801. The topological polar surface area (TPSA) is 23.6 Å². The lowest BCUT2D eigenvalue weighted by Crippen LogP contribution is -2.35. The van der Waals surface area contributed by atoms with Crippen molar-refractivity contribution in [3.63, 3.8) is 0 Å². The number of nitrogens with zero attached hydrogens (tertiary/aromatic N) is 2. The summed E-state index contributed by atoms with van der Waals surface area (Å²) in [5.41, 5.74) is 3.36. The Labute approximate surface area is 122 Å². The first-order valence-electron chi connectivity index (χ1n) is 6.69. The van der Waals surface area contributed by atoms with Crippen LogP contribution < -0.4 is 5.01 Å². The van der Waals surface area contributed by atoms with Crippen LogP contribution in [0.5, 0.6) is 0 Å². The molecule has 1 fully saturated rings. The van der Waals surface area contributed by atoms with Gasteiger partial charge >= 0.3 is 0 Å². The molecule has 1 atom stereocenters. The van der Waals surface area contributed by atoms with Crippen molar-refractivity contribution < 1.29 is 4.79 Å². The van der Waals surface area contributed by atoms with Crippen LogP contribution in [-0.4, -0.2) is 17.5 Å². The Kier molecular flexibility index (Phi) is 2.59. The average molecular weight is 285 g/mol. The molecule has 20 heavy (non-hydrogen) atoms. The van der Waals surface area contributed by atoms with E-state index < -0.39 is 0 Å². The Morgan fingerprint density at radius 2 is 1.80 bits per heavy atom. The third-order valence-corrected chi connectivity index (χ3v) is 4.24. The largest absolute Gasteiger partial charge is 0.273 e. The van der Waals surface area contributed by atoms with Gasteiger partial charge in [0, 0.05) is 23.6 Å². The standard InChI is InChI=1S/C16H13ClN2O/c17-12-7-5-11(6-8-12)16-13-3-1-2-4-14(13)19-15(20)9-10-18(16)19/h1-8,16H,9-10H2. The number of rotatable bonds is 1. The van der Waals surface area contributed by atoms with Gasteiger partial charge in [-0.1, -0.05) is 41.9 Å². The Bertz CT molecular complexity index is 683. The predicted molar refractivity (Wildman–Crippen MR) is 78.5 cm³/mol. The van der Waals surface area contributed by atoms with Crippen LogP contribution in [0.25, 0.3) is 0 Å². The lowest BCUT2D eigenvalue weighted by molar-refractivity contribution is -0.117. The minimum absolute atomic E-state index is 0.106. The fourth-order valence-corrected chi connectivity index (χ4v) is 3.27. The molecule has 0 saturated carbocycles. The molecule has 100 valence electrons. The SMILES string of the molecule is O=C1CCN2C(c3ccc(Cl)cc3)c3ccccc3N12. The van der Waals surface area contributed by atoms with Gasteiger partial charge in [-0.25, -0.2) is 10.0 Å². The zero-order valence-corrected chi connectivity index (χ0v) is 11.5. The summed E-state index contributed by atoms with van der Waals surface area (Å²) in [4.78, 5) is 12.1. The monoisotopic (exact) mass is 284 g/mol. The number of benzene rings is 2. The number of hydrogen-bond acceptors (Lipinski definition) is 2. The summed E-state index contributed by atoms with van der Waals surface area (Å²) in [6.45, 7) is 0.765. The summed E-state index contributed by atoms with van der Waals surface area (Å²) in [7, 11) is 0. The van der Waals surface area contributed by atoms with Crippen LogP contribution in [0.3, 0.4) is 0 Å². The zero-order chi connectivity index (χ0) is 13.7. The molecule has 1 saturated heterocycles. The summed E-state index contributed by atoms with van der Waals surface area (Å²) in [5.74, 6) is 0.175. The fourth-order valence-electron chi connectivity index (χ4n) is 3.15. The van der Waals surface area contributed by atoms with Crippen LogP contribution in [0.4, 0.5) is 5.69 Å². The van der Waals surface area contributed by atoms with Crippen LogP contribution in [-0.2, 0) is 4.79 Å². The van der Waals surface area contributed by atoms with E-state index in [-0.39, 0.29) is 11.9 Å². The maximum Gasteiger partial charge on any atom is 0.242 e. The van der Waals surface area contributed by atoms with Crippen molar-refractivity contribution in [1.82, 2.24) is 5.01 Å². The average Bonchev–Trinajstić information content (AvgIpc) is 2.99. The molecule has 1 amide bonds. The lowest BCUT2D eigenvalue weighted by atomic mass is 9.98. The van der Waals surface area contributed by atoms with Crippen LogP contribution >= 0.6 is 11.6 Å². The van der Waals surface area contributed by atoms with Gasteiger partial charge in [0.15, 0.2) is 0 Å². The maximum atomic E-state index is 12.1. The highest BCUT2D eigenvalue weighted by atomic mass is 35.5. The van der Waals surface area contributed by atoms with Gasteiger partial charge in [0.2, 0.25) is 5.91 Å². The van der Waals surface area contributed by atoms with Crippen molar-refractivity contribution in [3.8, 4) is 0 Å². The smallest absolute Gasteiger partial charge is 0.242 e. The molecular formula is C16H13ClN2O. The third kappa shape index (κ3) is 1.60. The number of fused-ring (bicyclic) bond motifs is 3. The summed E-state index contributed by atoms with van der Waals surface area (Å²) >= 11 is 5.97. The third-order valence-electron chi connectivity index (χ3n) is 3.99. The van der Waals surface area contributed by atoms with Crippen LogP contribution in [0.15, 0.2) is 48.5 Å². The summed E-state index contributed by atoms with van der Waals surface area (Å²) in [6, 6.07) is 16.1. The van der Waals surface area contributed by atoms with Gasteiger partial charge in [-0.3, -0.25) is 4.79 Å². The molecule has 0 spiro atoms. The molecule has 4 rings (SSSR count). The van der Waals surface area contributed by atoms with Crippen LogP contribution in [0.2, 0.25) is 5.02 Å². The van der Waals surface area contributed by atoms with Gasteiger partial charge < -0.3 is 0 Å². The Hall–Kier alpha value is -1.84. The second kappa shape index (κ2) is 4.33. The second-order valence-electron chi connectivity index (χ2n) is 5.13. The number of amides is 1. The summed E-state index contributed by atoms with van der Waals surface area (Å²) < 4.78 is 0. The molecule has 0 aromatic heterocycles. The minimum Gasteiger partial charge on any atom is -0.273 e. The Morgan fingerprint density at radius 3 is 2.60 bits per heavy atom. The molecule has 1 unspecified atom stereocenters. The van der Waals surface area contributed by atoms with Gasteiger partial charge in [-0.2, -0.15) is 0 Å². The highest BCUT2D eigenvalue weighted by Gasteiger charge is 2.44. The first-order chi connectivity index (χ1) is 9.75. The van der Waals surface area contributed by atoms with Crippen LogP contribution in [0.1, 0.15) is 23.6 Å². The van der Waals surface area contributed by atoms with E-state index in [9.17, 15) is 4.79 Å². The first kappa shape index (κ1) is 11.9. The molecule has 2 aromatic carbocycles. The molecule has 2 heterocycles. The normalized spacial score (nSPS) is 21.1. The second-order valence-corrected chi connectivity index (χ2v) is 5.57. The Morgan fingerprint density at radius 1 is 1.05 bits per heavy atom. The molecular weight excluding hydrogens is 272 g/mol. The van der Waals surface area contributed by atoms with E-state index >= 15 is 0 Å². The molecule has 3 nitrogen and oxygen atoms in total. The van der Waals surface area contributed by atoms with Gasteiger partial charge in [0.05, 0.1) is 11.7 Å². The van der Waals surface area contributed by atoms with Gasteiger partial charge in [-0.05, 0) is 23.8 Å². The van der Waals surface area contributed by atoms with Crippen molar-refractivity contribution >= 4 is 23.2 Å². The van der Waals surface area contributed by atoms with E-state index in [0.29, 0.717) is 6.42 Å². The van der Waals surface area contributed by atoms with E-state index in [2.05, 4.69) is 11.1 Å². The molecule has 0 bridgehead atoms. The number of hydrogen-bond donors (Lipinski definition) is 0. The van der Waals surface area contributed by atoms with Crippen molar-refractivity contribution in [2.45, 2.75) is 12.5 Å². The van der Waals surface area contributed by atoms with E-state index in [1.165, 1.54) is 11.1 Å². The van der Waals surface area contributed by atoms with Crippen LogP contribution in [0, 0.1) is 0 Å². The molecule has 0 N–H and O–H groups in total. The van der Waals surface area contributed by atoms with Gasteiger partial charge in [-0.15, -0.1) is 0 Å². The minimum atomic E-state index is 0.106. The first-order valence-corrected chi connectivity index (χ1v) is 7.07. The Balaban J connectivity index is 1.87. The number of carbonyl (C=O) groups excluding carboxylic acids is 1. The molecule has 0 radical (unpaired) electrons. The van der Waals surface area contributed by atoms with Crippen molar-refractivity contribution in [3.05, 3.63) is 64.7 Å². The van der Waals surface area contributed by atoms with E-state index in [0.717, 1.165) is 17.3 Å². The summed E-state index contributed by atoms with van der Waals surface area (Å²) in [5, 5.41) is 4.71. The van der Waals surface area contributed by atoms with E-state index in [4.69, 9.17) is 11.6 Å². The lowest BCUT2D eigenvalue weighted by Gasteiger charge is -2.25. The predicted octanol–water partition coefficient (Wildman–Crippen LogP) is 3.40. The molecule has 2 aromatic rings. The number of halogens is 1. The maximum absolute atomic E-state index is 12.1.